The molecule has 0 aromatic carbocycles. The highest BCUT2D eigenvalue weighted by Crippen LogP contribution is 2.35. The molecule has 2 rings (SSSR count). The fourth-order valence-electron chi connectivity index (χ4n) is 2.42. The van der Waals surface area contributed by atoms with Crippen LogP contribution in [0.3, 0.4) is 0 Å². The molecule has 2 atom stereocenters. The molecule has 0 spiro atoms. The van der Waals surface area contributed by atoms with E-state index in [1.54, 1.807) is 0 Å². The van der Waals surface area contributed by atoms with Crippen molar-refractivity contribution < 1.29 is 0 Å². The molecule has 4 nitrogen and oxygen atoms in total. The van der Waals surface area contributed by atoms with E-state index in [9.17, 15) is 0 Å². The highest BCUT2D eigenvalue weighted by Gasteiger charge is 2.24. The lowest BCUT2D eigenvalue weighted by Crippen LogP contribution is -2.16. The first-order valence-electron chi connectivity index (χ1n) is 5.74. The fraction of sp³-hybridized carbons (Fsp3) is 0.727. The minimum absolute atomic E-state index is 0.346. The van der Waals surface area contributed by atoms with Gasteiger partial charge in [0, 0.05) is 5.92 Å². The van der Waals surface area contributed by atoms with Gasteiger partial charge in [0.25, 0.3) is 0 Å². The normalized spacial score (nSPS) is 26.5. The Morgan fingerprint density at radius 1 is 1.40 bits per heavy atom. The maximum absolute atomic E-state index is 5.57. The third-order valence-corrected chi connectivity index (χ3v) is 3.33. The van der Waals surface area contributed by atoms with Crippen LogP contribution in [0.2, 0.25) is 0 Å². The van der Waals surface area contributed by atoms with Gasteiger partial charge < -0.3 is 5.73 Å². The summed E-state index contributed by atoms with van der Waals surface area (Å²) in [4.78, 5) is 12.3. The molecule has 1 fully saturated rings. The topological polar surface area (TPSA) is 64.7 Å². The number of hydrogen-bond donors (Lipinski definition) is 1. The third-order valence-electron chi connectivity index (χ3n) is 3.33. The summed E-state index contributed by atoms with van der Waals surface area (Å²) in [5, 5.41) is 0. The second-order valence-electron chi connectivity index (χ2n) is 4.34. The lowest BCUT2D eigenvalue weighted by Gasteiger charge is -2.27. The lowest BCUT2D eigenvalue weighted by atomic mass is 9.80. The summed E-state index contributed by atoms with van der Waals surface area (Å²) >= 11 is 0. The van der Waals surface area contributed by atoms with Crippen LogP contribution in [0, 0.1) is 5.92 Å². The van der Waals surface area contributed by atoms with Crippen LogP contribution in [0.1, 0.15) is 50.8 Å². The smallest absolute Gasteiger partial charge is 0.223 e. The molecule has 1 aromatic heterocycles. The van der Waals surface area contributed by atoms with Crippen molar-refractivity contribution in [2.75, 3.05) is 5.73 Å². The van der Waals surface area contributed by atoms with E-state index in [0.717, 1.165) is 11.7 Å². The summed E-state index contributed by atoms with van der Waals surface area (Å²) < 4.78 is 0. The van der Waals surface area contributed by atoms with Gasteiger partial charge in [0.05, 0.1) is 0 Å². The van der Waals surface area contributed by atoms with Gasteiger partial charge in [-0.05, 0) is 18.8 Å². The molecule has 15 heavy (non-hydrogen) atoms. The zero-order chi connectivity index (χ0) is 10.7. The summed E-state index contributed by atoms with van der Waals surface area (Å²) in [6.45, 7) is 2.26. The van der Waals surface area contributed by atoms with Crippen LogP contribution in [0.25, 0.3) is 0 Å². The van der Waals surface area contributed by atoms with Crippen molar-refractivity contribution in [2.45, 2.75) is 44.9 Å². The van der Waals surface area contributed by atoms with Gasteiger partial charge >= 0.3 is 0 Å². The van der Waals surface area contributed by atoms with Crippen molar-refractivity contribution in [3.05, 3.63) is 12.2 Å². The van der Waals surface area contributed by atoms with Crippen molar-refractivity contribution in [1.82, 2.24) is 15.0 Å². The SMILES string of the molecule is CCC1CCCC(c2ncnc(N)n2)C1. The van der Waals surface area contributed by atoms with Crippen LogP contribution in [0.4, 0.5) is 5.95 Å². The summed E-state index contributed by atoms with van der Waals surface area (Å²) in [5.41, 5.74) is 5.57. The summed E-state index contributed by atoms with van der Waals surface area (Å²) in [6, 6.07) is 0. The Morgan fingerprint density at radius 2 is 2.27 bits per heavy atom. The van der Waals surface area contributed by atoms with E-state index in [1.165, 1.54) is 38.4 Å². The zero-order valence-corrected chi connectivity index (χ0v) is 9.19. The predicted octanol–water partition coefficient (Wildman–Crippen LogP) is 2.14. The Kier molecular flexibility index (Phi) is 3.14. The fourth-order valence-corrected chi connectivity index (χ4v) is 2.42. The van der Waals surface area contributed by atoms with Gasteiger partial charge in [-0.3, -0.25) is 0 Å². The summed E-state index contributed by atoms with van der Waals surface area (Å²) in [5.74, 6) is 2.56. The molecule has 0 bridgehead atoms. The van der Waals surface area contributed by atoms with Crippen LogP contribution in [0.15, 0.2) is 6.33 Å². The van der Waals surface area contributed by atoms with Gasteiger partial charge in [0.2, 0.25) is 5.95 Å². The monoisotopic (exact) mass is 206 g/mol. The minimum atomic E-state index is 0.346. The molecule has 1 aromatic rings. The maximum atomic E-state index is 5.57. The quantitative estimate of drug-likeness (QED) is 0.805. The van der Waals surface area contributed by atoms with E-state index in [2.05, 4.69) is 21.9 Å². The molecule has 0 saturated heterocycles. The third kappa shape index (κ3) is 2.43. The Bertz CT molecular complexity index is 326. The number of anilines is 1. The molecule has 2 unspecified atom stereocenters. The lowest BCUT2D eigenvalue weighted by molar-refractivity contribution is 0.307. The molecule has 1 aliphatic carbocycles. The number of aromatic nitrogens is 3. The molecule has 82 valence electrons. The van der Waals surface area contributed by atoms with E-state index >= 15 is 0 Å². The molecule has 1 saturated carbocycles. The number of rotatable bonds is 2. The second-order valence-corrected chi connectivity index (χ2v) is 4.34. The first kappa shape index (κ1) is 10.3. The summed E-state index contributed by atoms with van der Waals surface area (Å²) in [6.07, 6.45) is 7.83. The zero-order valence-electron chi connectivity index (χ0n) is 9.19. The number of nitrogen functional groups attached to an aromatic ring is 1. The van der Waals surface area contributed by atoms with E-state index in [1.807, 2.05) is 0 Å². The Balaban J connectivity index is 2.09. The maximum Gasteiger partial charge on any atom is 0.223 e. The van der Waals surface area contributed by atoms with E-state index < -0.39 is 0 Å². The van der Waals surface area contributed by atoms with Crippen LogP contribution in [-0.2, 0) is 0 Å². The standard InChI is InChI=1S/C11H18N4/c1-2-8-4-3-5-9(6-8)10-13-7-14-11(12)15-10/h7-9H,2-6H2,1H3,(H2,12,13,14,15). The average Bonchev–Trinajstić information content (AvgIpc) is 2.29. The van der Waals surface area contributed by atoms with Crippen molar-refractivity contribution in [3.8, 4) is 0 Å². The van der Waals surface area contributed by atoms with Crippen LogP contribution < -0.4 is 5.73 Å². The molecule has 0 radical (unpaired) electrons. The first-order chi connectivity index (χ1) is 7.29. The van der Waals surface area contributed by atoms with Gasteiger partial charge in [-0.15, -0.1) is 0 Å². The van der Waals surface area contributed by atoms with Crippen LogP contribution in [0.5, 0.6) is 0 Å². The van der Waals surface area contributed by atoms with Crippen molar-refractivity contribution in [2.24, 2.45) is 5.92 Å². The van der Waals surface area contributed by atoms with Crippen LogP contribution in [-0.4, -0.2) is 15.0 Å². The number of hydrogen-bond acceptors (Lipinski definition) is 4. The van der Waals surface area contributed by atoms with Gasteiger partial charge in [0.15, 0.2) is 0 Å². The molecule has 2 N–H and O–H groups in total. The molecular formula is C11H18N4. The van der Waals surface area contributed by atoms with E-state index in [0.29, 0.717) is 11.9 Å². The van der Waals surface area contributed by atoms with E-state index in [-0.39, 0.29) is 0 Å². The molecule has 0 aliphatic heterocycles. The van der Waals surface area contributed by atoms with Gasteiger partial charge in [-0.2, -0.15) is 4.98 Å². The van der Waals surface area contributed by atoms with Crippen molar-refractivity contribution in [3.63, 3.8) is 0 Å². The Labute approximate surface area is 90.3 Å². The molecule has 4 heteroatoms. The molecular weight excluding hydrogens is 188 g/mol. The Hall–Kier alpha value is -1.19. The highest BCUT2D eigenvalue weighted by molar-refractivity contribution is 5.14. The predicted molar refractivity (Wildman–Crippen MR) is 59.2 cm³/mol. The molecule has 1 aliphatic rings. The number of nitrogens with zero attached hydrogens (tertiary/aromatic N) is 3. The largest absolute Gasteiger partial charge is 0.368 e. The van der Waals surface area contributed by atoms with Crippen molar-refractivity contribution >= 4 is 5.95 Å². The van der Waals surface area contributed by atoms with Crippen molar-refractivity contribution in [1.29, 1.82) is 0 Å². The highest BCUT2D eigenvalue weighted by atomic mass is 15.1. The second kappa shape index (κ2) is 4.55. The first-order valence-corrected chi connectivity index (χ1v) is 5.74. The minimum Gasteiger partial charge on any atom is -0.368 e. The van der Waals surface area contributed by atoms with Crippen LogP contribution >= 0.6 is 0 Å². The molecule has 0 amide bonds. The average molecular weight is 206 g/mol. The van der Waals surface area contributed by atoms with Gasteiger partial charge in [0.1, 0.15) is 12.2 Å². The van der Waals surface area contributed by atoms with Gasteiger partial charge in [-0.1, -0.05) is 26.2 Å². The van der Waals surface area contributed by atoms with Gasteiger partial charge in [-0.25, -0.2) is 9.97 Å². The number of nitrogens with two attached hydrogens (primary N) is 1. The summed E-state index contributed by atoms with van der Waals surface area (Å²) in [7, 11) is 0. The Morgan fingerprint density at radius 3 is 3.00 bits per heavy atom. The molecule has 1 heterocycles. The van der Waals surface area contributed by atoms with E-state index in [4.69, 9.17) is 5.73 Å².